The zero-order valence-electron chi connectivity index (χ0n) is 16.7. The van der Waals surface area contributed by atoms with Crippen LogP contribution >= 0.6 is 11.3 Å². The van der Waals surface area contributed by atoms with Crippen molar-refractivity contribution in [1.82, 2.24) is 4.57 Å². The molecule has 5 heteroatoms. The van der Waals surface area contributed by atoms with Crippen molar-refractivity contribution in [3.63, 3.8) is 0 Å². The number of ether oxygens (including phenoxy) is 1. The number of rotatable bonds is 6. The van der Waals surface area contributed by atoms with Crippen LogP contribution in [0.25, 0.3) is 21.0 Å². The molecule has 0 saturated carbocycles. The lowest BCUT2D eigenvalue weighted by atomic mass is 10.1. The zero-order chi connectivity index (χ0) is 20.2. The fraction of sp³-hybridized carbons (Fsp3) is 0.250. The second-order valence-electron chi connectivity index (χ2n) is 6.91. The first kappa shape index (κ1) is 19.4. The van der Waals surface area contributed by atoms with Gasteiger partial charge < -0.3 is 9.30 Å². The normalized spacial score (nSPS) is 12.0. The van der Waals surface area contributed by atoms with Gasteiger partial charge in [0.05, 0.1) is 16.8 Å². The van der Waals surface area contributed by atoms with Gasteiger partial charge in [0.25, 0.3) is 5.91 Å². The number of benzene rings is 3. The maximum atomic E-state index is 12.8. The molecule has 1 aromatic heterocycles. The van der Waals surface area contributed by atoms with Gasteiger partial charge in [-0.05, 0) is 49.1 Å². The van der Waals surface area contributed by atoms with Crippen LogP contribution in [-0.2, 0) is 6.54 Å². The maximum Gasteiger partial charge on any atom is 0.279 e. The molecule has 4 rings (SSSR count). The molecule has 0 aliphatic heterocycles. The highest BCUT2D eigenvalue weighted by Gasteiger charge is 2.11. The van der Waals surface area contributed by atoms with Crippen LogP contribution < -0.4 is 9.54 Å². The molecule has 0 bridgehead atoms. The van der Waals surface area contributed by atoms with Crippen LogP contribution in [0.2, 0.25) is 0 Å². The standard InChI is InChI=1S/C24H24N2O2S/c1-3-5-16-28-19-13-10-18(11-14-19)23(27)25-24-26(4-2)21-15-12-17-8-6-7-9-20(17)22(21)29-24/h6-15H,3-5,16H2,1-2H3. The van der Waals surface area contributed by atoms with Gasteiger partial charge in [0.2, 0.25) is 0 Å². The monoisotopic (exact) mass is 404 g/mol. The summed E-state index contributed by atoms with van der Waals surface area (Å²) in [4.78, 5) is 18.0. The summed E-state index contributed by atoms with van der Waals surface area (Å²) in [6.07, 6.45) is 2.12. The molecule has 0 aliphatic rings. The van der Waals surface area contributed by atoms with Gasteiger partial charge >= 0.3 is 0 Å². The number of carbonyl (C=O) groups excluding carboxylic acids is 1. The number of carbonyl (C=O) groups is 1. The van der Waals surface area contributed by atoms with E-state index in [4.69, 9.17) is 4.74 Å². The summed E-state index contributed by atoms with van der Waals surface area (Å²) >= 11 is 1.57. The van der Waals surface area contributed by atoms with Gasteiger partial charge in [0.1, 0.15) is 5.75 Å². The fourth-order valence-electron chi connectivity index (χ4n) is 3.37. The van der Waals surface area contributed by atoms with Crippen LogP contribution in [0.5, 0.6) is 5.75 Å². The largest absolute Gasteiger partial charge is 0.494 e. The molecule has 148 valence electrons. The van der Waals surface area contributed by atoms with Crippen molar-refractivity contribution in [3.05, 3.63) is 71.0 Å². The quantitative estimate of drug-likeness (QED) is 0.381. The van der Waals surface area contributed by atoms with Gasteiger partial charge in [0.15, 0.2) is 4.80 Å². The number of amides is 1. The smallest absolute Gasteiger partial charge is 0.279 e. The topological polar surface area (TPSA) is 43.6 Å². The molecule has 0 unspecified atom stereocenters. The Labute approximate surface area is 174 Å². The average Bonchev–Trinajstić information content (AvgIpc) is 3.11. The van der Waals surface area contributed by atoms with E-state index in [1.807, 2.05) is 24.3 Å². The third kappa shape index (κ3) is 3.96. The molecule has 3 aromatic carbocycles. The van der Waals surface area contributed by atoms with E-state index in [0.29, 0.717) is 12.2 Å². The van der Waals surface area contributed by atoms with Gasteiger partial charge in [-0.25, -0.2) is 0 Å². The highest BCUT2D eigenvalue weighted by atomic mass is 32.1. The molecule has 0 aliphatic carbocycles. The summed E-state index contributed by atoms with van der Waals surface area (Å²) in [7, 11) is 0. The number of aryl methyl sites for hydroxylation is 1. The van der Waals surface area contributed by atoms with E-state index >= 15 is 0 Å². The molecule has 0 radical (unpaired) electrons. The highest BCUT2D eigenvalue weighted by molar-refractivity contribution is 7.17. The van der Waals surface area contributed by atoms with Crippen molar-refractivity contribution in [3.8, 4) is 5.75 Å². The molecule has 0 spiro atoms. The predicted octanol–water partition coefficient (Wildman–Crippen LogP) is 5.80. The molecular formula is C24H24N2O2S. The minimum absolute atomic E-state index is 0.233. The van der Waals surface area contributed by atoms with E-state index < -0.39 is 0 Å². The number of fused-ring (bicyclic) bond motifs is 3. The molecule has 0 fully saturated rings. The average molecular weight is 405 g/mol. The molecular weight excluding hydrogens is 380 g/mol. The molecule has 1 amide bonds. The van der Waals surface area contributed by atoms with E-state index in [1.165, 1.54) is 10.8 Å². The van der Waals surface area contributed by atoms with Crippen LogP contribution in [0.15, 0.2) is 65.7 Å². The van der Waals surface area contributed by atoms with Crippen LogP contribution in [0.4, 0.5) is 0 Å². The van der Waals surface area contributed by atoms with E-state index in [0.717, 1.165) is 40.2 Å². The Kier molecular flexibility index (Phi) is 5.76. The Bertz CT molecular complexity index is 1220. The van der Waals surface area contributed by atoms with Gasteiger partial charge in [-0.2, -0.15) is 4.99 Å². The van der Waals surface area contributed by atoms with Crippen molar-refractivity contribution in [2.45, 2.75) is 33.2 Å². The summed E-state index contributed by atoms with van der Waals surface area (Å²) in [5.41, 5.74) is 1.68. The van der Waals surface area contributed by atoms with Crippen LogP contribution in [0.1, 0.15) is 37.0 Å². The Balaban J connectivity index is 1.70. The third-order valence-electron chi connectivity index (χ3n) is 4.96. The third-order valence-corrected chi connectivity index (χ3v) is 6.08. The molecule has 0 saturated heterocycles. The lowest BCUT2D eigenvalue weighted by Gasteiger charge is -2.05. The van der Waals surface area contributed by atoms with Crippen molar-refractivity contribution in [2.75, 3.05) is 6.61 Å². The molecule has 0 N–H and O–H groups in total. The fourth-order valence-corrected chi connectivity index (χ4v) is 4.60. The van der Waals surface area contributed by atoms with Crippen LogP contribution in [0.3, 0.4) is 0 Å². The predicted molar refractivity (Wildman–Crippen MR) is 120 cm³/mol. The zero-order valence-corrected chi connectivity index (χ0v) is 17.5. The lowest BCUT2D eigenvalue weighted by molar-refractivity contribution is 0.0998. The Morgan fingerprint density at radius 2 is 1.83 bits per heavy atom. The molecule has 4 aromatic rings. The van der Waals surface area contributed by atoms with E-state index in [-0.39, 0.29) is 5.91 Å². The second kappa shape index (κ2) is 8.62. The minimum atomic E-state index is -0.233. The molecule has 29 heavy (non-hydrogen) atoms. The van der Waals surface area contributed by atoms with Gasteiger partial charge in [-0.15, -0.1) is 0 Å². The van der Waals surface area contributed by atoms with E-state index in [9.17, 15) is 4.79 Å². The van der Waals surface area contributed by atoms with Gasteiger partial charge in [-0.3, -0.25) is 4.79 Å². The molecule has 4 nitrogen and oxygen atoms in total. The molecule has 0 atom stereocenters. The maximum absolute atomic E-state index is 12.8. The number of hydrogen-bond acceptors (Lipinski definition) is 3. The number of aromatic nitrogens is 1. The summed E-state index contributed by atoms with van der Waals surface area (Å²) in [6.45, 7) is 5.66. The van der Waals surface area contributed by atoms with Crippen LogP contribution in [-0.4, -0.2) is 17.1 Å². The Morgan fingerprint density at radius 1 is 1.03 bits per heavy atom. The van der Waals surface area contributed by atoms with Gasteiger partial charge in [-0.1, -0.05) is 55.0 Å². The molecule has 1 heterocycles. The number of unbranched alkanes of at least 4 members (excludes halogenated alkanes) is 1. The van der Waals surface area contributed by atoms with Gasteiger partial charge in [0, 0.05) is 17.5 Å². The summed E-state index contributed by atoms with van der Waals surface area (Å²) in [5.74, 6) is 0.551. The van der Waals surface area contributed by atoms with Crippen molar-refractivity contribution in [2.24, 2.45) is 4.99 Å². The van der Waals surface area contributed by atoms with E-state index in [2.05, 4.69) is 47.7 Å². The van der Waals surface area contributed by atoms with Crippen molar-refractivity contribution in [1.29, 1.82) is 0 Å². The first-order valence-electron chi connectivity index (χ1n) is 10.0. The summed E-state index contributed by atoms with van der Waals surface area (Å²) in [6, 6.07) is 19.8. The lowest BCUT2D eigenvalue weighted by Crippen LogP contribution is -2.15. The number of thiazole rings is 1. The van der Waals surface area contributed by atoms with E-state index in [1.54, 1.807) is 23.5 Å². The number of hydrogen-bond donors (Lipinski definition) is 0. The number of nitrogens with zero attached hydrogens (tertiary/aromatic N) is 2. The Morgan fingerprint density at radius 3 is 2.59 bits per heavy atom. The van der Waals surface area contributed by atoms with Crippen molar-refractivity contribution < 1.29 is 9.53 Å². The minimum Gasteiger partial charge on any atom is -0.494 e. The van der Waals surface area contributed by atoms with Crippen LogP contribution in [0, 0.1) is 0 Å². The highest BCUT2D eigenvalue weighted by Crippen LogP contribution is 2.27. The summed E-state index contributed by atoms with van der Waals surface area (Å²) in [5, 5.41) is 2.39. The first-order chi connectivity index (χ1) is 14.2. The van der Waals surface area contributed by atoms with Crippen molar-refractivity contribution >= 4 is 38.2 Å². The Hall–Kier alpha value is -2.92. The summed E-state index contributed by atoms with van der Waals surface area (Å²) < 4.78 is 8.94. The second-order valence-corrected chi connectivity index (χ2v) is 7.88. The first-order valence-corrected chi connectivity index (χ1v) is 10.9. The SMILES string of the molecule is CCCCOc1ccc(C(=O)N=c2sc3c4ccccc4ccc3n2CC)cc1.